The molecule has 6 heteroatoms. The third kappa shape index (κ3) is 4.17. The van der Waals surface area contributed by atoms with E-state index in [2.05, 4.69) is 10.3 Å². The Hall–Kier alpha value is -3.28. The lowest BCUT2D eigenvalue weighted by Gasteiger charge is -2.18. The standard InChI is InChI=1S/C22H22N2O4/c25-21(7-6-15-4-2-1-3-5-15)23-9-8-16-12-17-13-19-20(28-11-10-27-19)14-18(17)24-22(16)26/h1-5,12-14H,6-11H2,(H,23,25)(H,24,26). The van der Waals surface area contributed by atoms with Gasteiger partial charge in [0, 0.05) is 30.0 Å². The fourth-order valence-electron chi connectivity index (χ4n) is 3.30. The van der Waals surface area contributed by atoms with E-state index in [4.69, 9.17) is 9.47 Å². The van der Waals surface area contributed by atoms with E-state index in [-0.39, 0.29) is 11.5 Å². The van der Waals surface area contributed by atoms with Crippen molar-refractivity contribution >= 4 is 16.8 Å². The number of pyridine rings is 1. The highest BCUT2D eigenvalue weighted by atomic mass is 16.6. The summed E-state index contributed by atoms with van der Waals surface area (Å²) in [5.41, 5.74) is 2.33. The molecule has 4 rings (SSSR count). The summed E-state index contributed by atoms with van der Waals surface area (Å²) in [6, 6.07) is 15.4. The molecular weight excluding hydrogens is 356 g/mol. The Kier molecular flexibility index (Phi) is 5.28. The van der Waals surface area contributed by atoms with Crippen molar-refractivity contribution in [2.75, 3.05) is 19.8 Å². The average molecular weight is 378 g/mol. The Bertz CT molecular complexity index is 1040. The predicted molar refractivity (Wildman–Crippen MR) is 107 cm³/mol. The Morgan fingerprint density at radius 1 is 1.00 bits per heavy atom. The van der Waals surface area contributed by atoms with Gasteiger partial charge in [-0.05, 0) is 30.5 Å². The number of aromatic nitrogens is 1. The summed E-state index contributed by atoms with van der Waals surface area (Å²) in [5, 5.41) is 3.77. The largest absolute Gasteiger partial charge is 0.486 e. The van der Waals surface area contributed by atoms with Gasteiger partial charge in [-0.1, -0.05) is 30.3 Å². The Morgan fingerprint density at radius 2 is 1.75 bits per heavy atom. The van der Waals surface area contributed by atoms with Gasteiger partial charge in [-0.15, -0.1) is 0 Å². The number of aryl methyl sites for hydroxylation is 1. The molecule has 0 unspecified atom stereocenters. The molecule has 2 aromatic carbocycles. The van der Waals surface area contributed by atoms with Gasteiger partial charge in [0.25, 0.3) is 5.56 Å². The molecule has 0 atom stereocenters. The van der Waals surface area contributed by atoms with Crippen LogP contribution in [0, 0.1) is 0 Å². The van der Waals surface area contributed by atoms with E-state index in [1.807, 2.05) is 42.5 Å². The topological polar surface area (TPSA) is 80.4 Å². The zero-order valence-electron chi connectivity index (χ0n) is 15.5. The second-order valence-corrected chi connectivity index (χ2v) is 6.79. The number of carbonyl (C=O) groups is 1. The van der Waals surface area contributed by atoms with Crippen molar-refractivity contribution in [1.82, 2.24) is 10.3 Å². The fraction of sp³-hybridized carbons (Fsp3) is 0.273. The van der Waals surface area contributed by atoms with E-state index in [0.29, 0.717) is 61.6 Å². The lowest BCUT2D eigenvalue weighted by molar-refractivity contribution is -0.121. The summed E-state index contributed by atoms with van der Waals surface area (Å²) in [6.45, 7) is 1.45. The minimum absolute atomic E-state index is 0.0133. The number of amides is 1. The predicted octanol–water partition coefficient (Wildman–Crippen LogP) is 2.59. The van der Waals surface area contributed by atoms with Gasteiger partial charge in [0.05, 0.1) is 5.52 Å². The molecule has 2 heterocycles. The second-order valence-electron chi connectivity index (χ2n) is 6.79. The Labute approximate surface area is 162 Å². The molecule has 1 amide bonds. The van der Waals surface area contributed by atoms with Crippen LogP contribution in [0.25, 0.3) is 10.9 Å². The first-order valence-electron chi connectivity index (χ1n) is 9.45. The zero-order chi connectivity index (χ0) is 19.3. The molecule has 0 spiro atoms. The van der Waals surface area contributed by atoms with Crippen molar-refractivity contribution < 1.29 is 14.3 Å². The quantitative estimate of drug-likeness (QED) is 0.691. The number of aromatic amines is 1. The minimum Gasteiger partial charge on any atom is -0.486 e. The zero-order valence-corrected chi connectivity index (χ0v) is 15.5. The highest BCUT2D eigenvalue weighted by Crippen LogP contribution is 2.33. The van der Waals surface area contributed by atoms with Gasteiger partial charge in [-0.3, -0.25) is 9.59 Å². The van der Waals surface area contributed by atoms with Gasteiger partial charge >= 0.3 is 0 Å². The highest BCUT2D eigenvalue weighted by molar-refractivity contribution is 5.83. The summed E-state index contributed by atoms with van der Waals surface area (Å²) in [6.07, 6.45) is 1.61. The normalized spacial score (nSPS) is 12.7. The van der Waals surface area contributed by atoms with Crippen LogP contribution in [0.15, 0.2) is 53.3 Å². The smallest absolute Gasteiger partial charge is 0.251 e. The molecule has 144 valence electrons. The molecule has 0 aliphatic carbocycles. The molecule has 1 aliphatic heterocycles. The van der Waals surface area contributed by atoms with Crippen molar-refractivity contribution in [3.63, 3.8) is 0 Å². The van der Waals surface area contributed by atoms with Crippen LogP contribution >= 0.6 is 0 Å². The maximum atomic E-state index is 12.3. The maximum Gasteiger partial charge on any atom is 0.251 e. The average Bonchev–Trinajstić information content (AvgIpc) is 2.72. The number of rotatable bonds is 6. The maximum absolute atomic E-state index is 12.3. The highest BCUT2D eigenvalue weighted by Gasteiger charge is 2.14. The van der Waals surface area contributed by atoms with Crippen molar-refractivity contribution in [1.29, 1.82) is 0 Å². The molecule has 0 saturated carbocycles. The molecule has 0 fully saturated rings. The van der Waals surface area contributed by atoms with Crippen LogP contribution in [0.3, 0.4) is 0 Å². The number of hydrogen-bond acceptors (Lipinski definition) is 4. The summed E-state index contributed by atoms with van der Waals surface area (Å²) in [4.78, 5) is 27.3. The summed E-state index contributed by atoms with van der Waals surface area (Å²) >= 11 is 0. The number of carbonyl (C=O) groups excluding carboxylic acids is 1. The van der Waals surface area contributed by atoms with E-state index in [1.54, 1.807) is 6.07 Å². The van der Waals surface area contributed by atoms with Gasteiger partial charge < -0.3 is 19.8 Å². The number of benzene rings is 2. The third-order valence-electron chi connectivity index (χ3n) is 4.78. The first-order chi connectivity index (χ1) is 13.7. The van der Waals surface area contributed by atoms with Gasteiger partial charge in [-0.2, -0.15) is 0 Å². The summed E-state index contributed by atoms with van der Waals surface area (Å²) in [7, 11) is 0. The lowest BCUT2D eigenvalue weighted by Crippen LogP contribution is -2.27. The molecule has 6 nitrogen and oxygen atoms in total. The number of hydrogen-bond donors (Lipinski definition) is 2. The molecule has 0 bridgehead atoms. The molecule has 1 aromatic heterocycles. The summed E-state index contributed by atoms with van der Waals surface area (Å²) in [5.74, 6) is 1.32. The number of H-pyrrole nitrogens is 1. The van der Waals surface area contributed by atoms with Gasteiger partial charge in [0.1, 0.15) is 13.2 Å². The number of fused-ring (bicyclic) bond motifs is 2. The van der Waals surface area contributed by atoms with E-state index in [1.165, 1.54) is 0 Å². The minimum atomic E-state index is -0.150. The molecule has 0 saturated heterocycles. The van der Waals surface area contributed by atoms with Crippen LogP contribution in [0.4, 0.5) is 0 Å². The summed E-state index contributed by atoms with van der Waals surface area (Å²) < 4.78 is 11.2. The van der Waals surface area contributed by atoms with Crippen molar-refractivity contribution in [2.24, 2.45) is 0 Å². The van der Waals surface area contributed by atoms with Crippen LogP contribution in [0.2, 0.25) is 0 Å². The third-order valence-corrected chi connectivity index (χ3v) is 4.78. The molecule has 0 radical (unpaired) electrons. The molecule has 28 heavy (non-hydrogen) atoms. The Balaban J connectivity index is 1.37. The van der Waals surface area contributed by atoms with E-state index >= 15 is 0 Å². The van der Waals surface area contributed by atoms with E-state index < -0.39 is 0 Å². The number of ether oxygens (including phenoxy) is 2. The van der Waals surface area contributed by atoms with Gasteiger partial charge in [0.2, 0.25) is 5.91 Å². The van der Waals surface area contributed by atoms with Crippen LogP contribution in [0.5, 0.6) is 11.5 Å². The molecule has 2 N–H and O–H groups in total. The fourth-order valence-corrected chi connectivity index (χ4v) is 3.30. The SMILES string of the molecule is O=C(CCc1ccccc1)NCCc1cc2cc3c(cc2[nH]c1=O)OCCO3. The number of nitrogens with one attached hydrogen (secondary N) is 2. The Morgan fingerprint density at radius 3 is 2.54 bits per heavy atom. The van der Waals surface area contributed by atoms with Gasteiger partial charge in [0.15, 0.2) is 11.5 Å². The molecular formula is C22H22N2O4. The monoisotopic (exact) mass is 378 g/mol. The van der Waals surface area contributed by atoms with Gasteiger partial charge in [-0.25, -0.2) is 0 Å². The first-order valence-corrected chi connectivity index (χ1v) is 9.45. The lowest BCUT2D eigenvalue weighted by atomic mass is 10.1. The van der Waals surface area contributed by atoms with E-state index in [0.717, 1.165) is 10.9 Å². The van der Waals surface area contributed by atoms with Crippen molar-refractivity contribution in [3.05, 3.63) is 70.0 Å². The first kappa shape index (κ1) is 18.1. The van der Waals surface area contributed by atoms with Crippen LogP contribution in [-0.2, 0) is 17.6 Å². The van der Waals surface area contributed by atoms with E-state index in [9.17, 15) is 9.59 Å². The van der Waals surface area contributed by atoms with Crippen molar-refractivity contribution in [3.8, 4) is 11.5 Å². The molecule has 1 aliphatic rings. The van der Waals surface area contributed by atoms with Crippen LogP contribution < -0.4 is 20.3 Å². The van der Waals surface area contributed by atoms with Crippen LogP contribution in [-0.4, -0.2) is 30.6 Å². The molecule has 3 aromatic rings. The van der Waals surface area contributed by atoms with Crippen LogP contribution in [0.1, 0.15) is 17.5 Å². The second kappa shape index (κ2) is 8.17. The van der Waals surface area contributed by atoms with Crippen molar-refractivity contribution in [2.45, 2.75) is 19.3 Å².